The summed E-state index contributed by atoms with van der Waals surface area (Å²) in [5.41, 5.74) is 1.79. The van der Waals surface area contributed by atoms with Gasteiger partial charge in [-0.1, -0.05) is 12.1 Å². The van der Waals surface area contributed by atoms with Gasteiger partial charge < -0.3 is 14.6 Å². The molecule has 4 rings (SSSR count). The monoisotopic (exact) mass is 455 g/mol. The maximum absolute atomic E-state index is 13.3. The van der Waals surface area contributed by atoms with Crippen molar-refractivity contribution >= 4 is 17.7 Å². The van der Waals surface area contributed by atoms with Crippen molar-refractivity contribution < 1.29 is 18.0 Å². The zero-order chi connectivity index (χ0) is 23.4. The summed E-state index contributed by atoms with van der Waals surface area (Å²) < 4.78 is 39.9. The summed E-state index contributed by atoms with van der Waals surface area (Å²) in [4.78, 5) is 15.1. The first kappa shape index (κ1) is 23.2. The first-order valence-electron chi connectivity index (χ1n) is 11.5. The predicted octanol–water partition coefficient (Wildman–Crippen LogP) is 5.77. The van der Waals surface area contributed by atoms with Crippen LogP contribution in [-0.2, 0) is 11.0 Å². The number of hydrogen-bond acceptors (Lipinski definition) is 4. The molecule has 2 aromatic rings. The lowest BCUT2D eigenvalue weighted by molar-refractivity contribution is -0.137. The van der Waals surface area contributed by atoms with Crippen molar-refractivity contribution in [1.82, 2.24) is 0 Å². The van der Waals surface area contributed by atoms with Crippen molar-refractivity contribution in [2.45, 2.75) is 44.2 Å². The number of carbonyl (C=O) groups is 1. The van der Waals surface area contributed by atoms with Gasteiger partial charge in [0.2, 0.25) is 0 Å². The molecule has 0 saturated carbocycles. The molecule has 0 atom stereocenters. The van der Waals surface area contributed by atoms with Crippen molar-refractivity contribution in [2.75, 3.05) is 36.0 Å². The highest BCUT2D eigenvalue weighted by atomic mass is 19.4. The van der Waals surface area contributed by atoms with Crippen LogP contribution in [0.4, 0.5) is 24.5 Å². The number of benzene rings is 2. The van der Waals surface area contributed by atoms with E-state index in [4.69, 9.17) is 5.26 Å². The normalized spacial score (nSPS) is 18.2. The van der Waals surface area contributed by atoms with Crippen LogP contribution in [0.1, 0.15) is 54.7 Å². The van der Waals surface area contributed by atoms with Gasteiger partial charge in [0.15, 0.2) is 0 Å². The topological polar surface area (TPSA) is 47.3 Å². The van der Waals surface area contributed by atoms with Crippen LogP contribution in [0.3, 0.4) is 0 Å². The number of rotatable bonds is 5. The highest BCUT2D eigenvalue weighted by Gasteiger charge is 2.34. The average molecular weight is 456 g/mol. The Balaban J connectivity index is 1.36. The molecule has 0 N–H and O–H groups in total. The lowest BCUT2D eigenvalue weighted by Gasteiger charge is -2.35. The third-order valence-electron chi connectivity index (χ3n) is 7.06. The van der Waals surface area contributed by atoms with Crippen LogP contribution in [0.15, 0.2) is 42.5 Å². The molecule has 4 nitrogen and oxygen atoms in total. The van der Waals surface area contributed by atoms with Crippen LogP contribution in [0.25, 0.3) is 0 Å². The van der Waals surface area contributed by atoms with Crippen LogP contribution in [-0.4, -0.2) is 32.5 Å². The Morgan fingerprint density at radius 2 is 1.48 bits per heavy atom. The number of piperidine rings is 2. The minimum absolute atomic E-state index is 0.339. The van der Waals surface area contributed by atoms with E-state index in [0.29, 0.717) is 37.0 Å². The summed E-state index contributed by atoms with van der Waals surface area (Å²) in [6.07, 6.45) is 0.984. The number of halogens is 3. The minimum atomic E-state index is -4.54. The summed E-state index contributed by atoms with van der Waals surface area (Å²) >= 11 is 0. The average Bonchev–Trinajstić information content (AvgIpc) is 2.84. The molecular weight excluding hydrogens is 427 g/mol. The van der Waals surface area contributed by atoms with E-state index >= 15 is 0 Å². The molecular formula is C26H28F3N3O. The Morgan fingerprint density at radius 3 is 2.06 bits per heavy atom. The van der Waals surface area contributed by atoms with Gasteiger partial charge in [0.05, 0.1) is 17.2 Å². The number of hydrogen-bond donors (Lipinski definition) is 0. The molecule has 7 heteroatoms. The van der Waals surface area contributed by atoms with E-state index in [1.807, 2.05) is 4.90 Å². The molecule has 2 saturated heterocycles. The summed E-state index contributed by atoms with van der Waals surface area (Å²) in [7, 11) is 0. The van der Waals surface area contributed by atoms with Crippen LogP contribution in [0.2, 0.25) is 0 Å². The van der Waals surface area contributed by atoms with Crippen molar-refractivity contribution in [3.05, 3.63) is 59.2 Å². The van der Waals surface area contributed by atoms with Gasteiger partial charge in [0.1, 0.15) is 6.29 Å². The smallest absolute Gasteiger partial charge is 0.372 e. The van der Waals surface area contributed by atoms with E-state index in [0.717, 1.165) is 51.1 Å². The summed E-state index contributed by atoms with van der Waals surface area (Å²) in [5.74, 6) is 0.889. The van der Waals surface area contributed by atoms with Crippen molar-refractivity contribution in [1.29, 1.82) is 5.26 Å². The molecule has 0 radical (unpaired) electrons. The first-order valence-corrected chi connectivity index (χ1v) is 11.5. The van der Waals surface area contributed by atoms with E-state index in [-0.39, 0.29) is 5.56 Å². The van der Waals surface area contributed by atoms with E-state index in [1.54, 1.807) is 12.1 Å². The number of alkyl halides is 3. The second kappa shape index (κ2) is 9.86. The molecule has 2 heterocycles. The zero-order valence-corrected chi connectivity index (χ0v) is 18.5. The predicted molar refractivity (Wildman–Crippen MR) is 122 cm³/mol. The van der Waals surface area contributed by atoms with Crippen molar-refractivity contribution in [3.63, 3.8) is 0 Å². The lowest BCUT2D eigenvalue weighted by Crippen LogP contribution is -2.34. The van der Waals surface area contributed by atoms with Gasteiger partial charge in [-0.25, -0.2) is 0 Å². The van der Waals surface area contributed by atoms with Gasteiger partial charge in [-0.15, -0.1) is 0 Å². The van der Waals surface area contributed by atoms with Gasteiger partial charge in [0.25, 0.3) is 0 Å². The third-order valence-corrected chi connectivity index (χ3v) is 7.06. The first-order chi connectivity index (χ1) is 15.9. The van der Waals surface area contributed by atoms with E-state index in [1.165, 1.54) is 17.3 Å². The summed E-state index contributed by atoms with van der Waals surface area (Å²) in [5, 5.41) is 9.00. The minimum Gasteiger partial charge on any atom is -0.372 e. The Bertz CT molecular complexity index is 997. The van der Waals surface area contributed by atoms with Crippen LogP contribution < -0.4 is 9.80 Å². The molecule has 0 spiro atoms. The highest BCUT2D eigenvalue weighted by molar-refractivity contribution is 5.55. The molecule has 2 aliphatic rings. The largest absolute Gasteiger partial charge is 0.417 e. The van der Waals surface area contributed by atoms with Crippen molar-refractivity contribution in [2.24, 2.45) is 5.92 Å². The summed E-state index contributed by atoms with van der Waals surface area (Å²) in [6, 6.07) is 14.3. The molecule has 0 unspecified atom stereocenters. The van der Waals surface area contributed by atoms with Crippen molar-refractivity contribution in [3.8, 4) is 6.07 Å². The lowest BCUT2D eigenvalue weighted by atomic mass is 9.88. The maximum atomic E-state index is 13.3. The fraction of sp³-hybridized carbons (Fsp3) is 0.462. The van der Waals surface area contributed by atoms with Crippen LogP contribution in [0, 0.1) is 17.2 Å². The van der Waals surface area contributed by atoms with Crippen LogP contribution in [0.5, 0.6) is 0 Å². The standard InChI is InChI=1S/C26H28F3N3O/c27-26(28,29)25-17-24(6-3-22(25)18-30)32-14-9-21(10-15-32)20-1-4-23(5-2-20)31-12-7-19(8-13-31)11-16-33/h1-6,16-17,19,21H,7-15H2. The number of aldehydes is 1. The number of nitrogens with zero attached hydrogens (tertiary/aromatic N) is 3. The zero-order valence-electron chi connectivity index (χ0n) is 18.5. The Kier molecular flexibility index (Phi) is 6.92. The van der Waals surface area contributed by atoms with Crippen LogP contribution >= 0.6 is 0 Å². The van der Waals surface area contributed by atoms with E-state index < -0.39 is 11.7 Å². The van der Waals surface area contributed by atoms with Gasteiger partial charge in [-0.05, 0) is 73.4 Å². The second-order valence-corrected chi connectivity index (χ2v) is 9.03. The van der Waals surface area contributed by atoms with Gasteiger partial charge in [0, 0.05) is 44.0 Å². The highest BCUT2D eigenvalue weighted by Crippen LogP contribution is 2.37. The molecule has 33 heavy (non-hydrogen) atoms. The fourth-order valence-corrected chi connectivity index (χ4v) is 5.05. The van der Waals surface area contributed by atoms with Gasteiger partial charge in [-0.2, -0.15) is 18.4 Å². The number of anilines is 2. The second-order valence-electron chi connectivity index (χ2n) is 9.03. The summed E-state index contributed by atoms with van der Waals surface area (Å²) in [6.45, 7) is 3.31. The molecule has 2 aliphatic heterocycles. The number of carbonyl (C=O) groups excluding carboxylic acids is 1. The fourth-order valence-electron chi connectivity index (χ4n) is 5.05. The van der Waals surface area contributed by atoms with E-state index in [9.17, 15) is 18.0 Å². The molecule has 0 aromatic heterocycles. The number of nitriles is 1. The Morgan fingerprint density at radius 1 is 0.909 bits per heavy atom. The molecule has 0 amide bonds. The Labute approximate surface area is 192 Å². The molecule has 0 bridgehead atoms. The molecule has 0 aliphatic carbocycles. The van der Waals surface area contributed by atoms with Gasteiger partial charge >= 0.3 is 6.18 Å². The third kappa shape index (κ3) is 5.32. The maximum Gasteiger partial charge on any atom is 0.417 e. The van der Waals surface area contributed by atoms with E-state index in [2.05, 4.69) is 29.2 Å². The van der Waals surface area contributed by atoms with Gasteiger partial charge in [-0.3, -0.25) is 0 Å². The SMILES string of the molecule is N#Cc1ccc(N2CCC(c3ccc(N4CCC(CC=O)CC4)cc3)CC2)cc1C(F)(F)F. The quantitative estimate of drug-likeness (QED) is 0.538. The molecule has 2 aromatic carbocycles. The Hall–Kier alpha value is -3.01. The molecule has 174 valence electrons. The molecule has 2 fully saturated rings.